The first-order valence-corrected chi connectivity index (χ1v) is 13.2. The second-order valence-corrected chi connectivity index (χ2v) is 10.2. The van der Waals surface area contributed by atoms with Crippen LogP contribution < -0.4 is 10.1 Å². The van der Waals surface area contributed by atoms with Gasteiger partial charge in [-0.1, -0.05) is 68.3 Å². The van der Waals surface area contributed by atoms with Gasteiger partial charge in [-0.2, -0.15) is 0 Å². The van der Waals surface area contributed by atoms with E-state index >= 15 is 0 Å². The number of ketones is 1. The van der Waals surface area contributed by atoms with Gasteiger partial charge < -0.3 is 10.1 Å². The summed E-state index contributed by atoms with van der Waals surface area (Å²) in [6.07, 6.45) is 2.26. The van der Waals surface area contributed by atoms with Gasteiger partial charge in [-0.05, 0) is 36.8 Å². The number of methoxy groups -OCH3 is 1. The maximum absolute atomic E-state index is 13.8. The van der Waals surface area contributed by atoms with Crippen molar-refractivity contribution in [3.05, 3.63) is 101 Å². The Kier molecular flexibility index (Phi) is 7.55. The summed E-state index contributed by atoms with van der Waals surface area (Å²) in [4.78, 5) is 27.2. The Morgan fingerprint density at radius 2 is 1.53 bits per heavy atom. The normalized spacial score (nSPS) is 14.2. The van der Waals surface area contributed by atoms with Crippen LogP contribution in [0.2, 0.25) is 0 Å². The maximum Gasteiger partial charge on any atom is 0.265 e. The van der Waals surface area contributed by atoms with Gasteiger partial charge in [0.25, 0.3) is 15.9 Å². The summed E-state index contributed by atoms with van der Waals surface area (Å²) < 4.78 is 33.8. The number of unbranched alkanes of at least 4 members (excludes halogenated alkanes) is 2. The van der Waals surface area contributed by atoms with Gasteiger partial charge in [-0.25, -0.2) is 8.42 Å². The summed E-state index contributed by atoms with van der Waals surface area (Å²) in [6, 6.07) is 21.5. The Morgan fingerprint density at radius 3 is 2.19 bits per heavy atom. The number of amides is 1. The molecule has 186 valence electrons. The fourth-order valence-corrected chi connectivity index (χ4v) is 5.85. The highest BCUT2D eigenvalue weighted by molar-refractivity contribution is 7.89. The van der Waals surface area contributed by atoms with Crippen LogP contribution in [0, 0.1) is 0 Å². The highest BCUT2D eigenvalue weighted by Gasteiger charge is 2.40. The molecule has 0 aliphatic carbocycles. The molecule has 0 bridgehead atoms. The van der Waals surface area contributed by atoms with E-state index in [2.05, 4.69) is 5.32 Å². The van der Waals surface area contributed by atoms with Crippen molar-refractivity contribution in [1.29, 1.82) is 0 Å². The number of benzene rings is 3. The molecular weight excluding hydrogens is 476 g/mol. The summed E-state index contributed by atoms with van der Waals surface area (Å²) in [6.45, 7) is 2.15. The fraction of sp³-hybridized carbons (Fsp3) is 0.214. The van der Waals surface area contributed by atoms with Crippen molar-refractivity contribution in [2.45, 2.75) is 31.1 Å². The molecule has 0 saturated carbocycles. The van der Waals surface area contributed by atoms with Crippen LogP contribution in [0.3, 0.4) is 0 Å². The third kappa shape index (κ3) is 4.90. The van der Waals surface area contributed by atoms with E-state index in [0.717, 1.165) is 17.1 Å². The van der Waals surface area contributed by atoms with Crippen molar-refractivity contribution >= 4 is 27.4 Å². The Hall–Kier alpha value is -3.91. The second-order valence-electron chi connectivity index (χ2n) is 8.38. The number of sulfonamides is 1. The standard InChI is InChI=1S/C28H28N2O5S/c1-3-4-10-19-30-26(27(31)20-11-6-5-7-12-20)25(23-13-8-9-14-24(23)36(30,33)34)29-28(32)21-15-17-22(35-2)18-16-21/h5-9,11-18H,3-4,10,19H2,1-2H3,(H,29,32). The molecule has 4 rings (SSSR count). The van der Waals surface area contributed by atoms with E-state index < -0.39 is 21.7 Å². The summed E-state index contributed by atoms with van der Waals surface area (Å²) in [5.41, 5.74) is 1.08. The van der Waals surface area contributed by atoms with Gasteiger partial charge in [0.15, 0.2) is 0 Å². The number of nitrogens with one attached hydrogen (secondary N) is 1. The van der Waals surface area contributed by atoms with Crippen molar-refractivity contribution in [3.63, 3.8) is 0 Å². The quantitative estimate of drug-likeness (QED) is 0.332. The molecule has 0 saturated heterocycles. The molecule has 0 aromatic heterocycles. The molecule has 0 fully saturated rings. The number of carbonyl (C=O) groups excluding carboxylic acids is 2. The molecule has 3 aromatic rings. The van der Waals surface area contributed by atoms with Crippen LogP contribution in [0.15, 0.2) is 89.5 Å². The van der Waals surface area contributed by atoms with Crippen LogP contribution in [0.5, 0.6) is 5.75 Å². The smallest absolute Gasteiger partial charge is 0.265 e. The predicted molar refractivity (Wildman–Crippen MR) is 138 cm³/mol. The number of hydrogen-bond donors (Lipinski definition) is 1. The topological polar surface area (TPSA) is 92.8 Å². The summed E-state index contributed by atoms with van der Waals surface area (Å²) >= 11 is 0. The molecule has 0 unspecified atom stereocenters. The van der Waals surface area contributed by atoms with Crippen LogP contribution >= 0.6 is 0 Å². The molecule has 0 atom stereocenters. The molecule has 8 heteroatoms. The zero-order chi connectivity index (χ0) is 25.7. The van der Waals surface area contributed by atoms with Gasteiger partial charge >= 0.3 is 0 Å². The number of Topliss-reactive ketones (excluding diaryl/α,β-unsaturated/α-hetero) is 1. The molecule has 1 aliphatic rings. The number of ether oxygens (including phenoxy) is 1. The fourth-order valence-electron chi connectivity index (χ4n) is 4.13. The molecule has 1 amide bonds. The molecule has 1 heterocycles. The van der Waals surface area contributed by atoms with E-state index in [1.807, 2.05) is 6.92 Å². The highest BCUT2D eigenvalue weighted by atomic mass is 32.2. The average Bonchev–Trinajstić information content (AvgIpc) is 2.91. The van der Waals surface area contributed by atoms with Gasteiger partial charge in [-0.15, -0.1) is 0 Å². The average molecular weight is 505 g/mol. The SMILES string of the molecule is CCCCCN1C(C(=O)c2ccccc2)=C(NC(=O)c2ccc(OC)cc2)c2ccccc2S1(=O)=O. The van der Waals surface area contributed by atoms with Gasteiger partial charge in [0.05, 0.1) is 17.7 Å². The first-order chi connectivity index (χ1) is 17.4. The Morgan fingerprint density at radius 1 is 0.861 bits per heavy atom. The van der Waals surface area contributed by atoms with Crippen LogP contribution in [0.1, 0.15) is 52.5 Å². The lowest BCUT2D eigenvalue weighted by molar-refractivity contribution is 0.0972. The van der Waals surface area contributed by atoms with Crippen LogP contribution in [-0.2, 0) is 10.0 Å². The lowest BCUT2D eigenvalue weighted by Gasteiger charge is -2.33. The minimum Gasteiger partial charge on any atom is -0.497 e. The molecule has 1 aliphatic heterocycles. The Bertz CT molecular complexity index is 1400. The second kappa shape index (κ2) is 10.8. The summed E-state index contributed by atoms with van der Waals surface area (Å²) in [5.74, 6) is -0.342. The lowest BCUT2D eigenvalue weighted by Crippen LogP contribution is -2.41. The summed E-state index contributed by atoms with van der Waals surface area (Å²) in [7, 11) is -2.49. The number of fused-ring (bicyclic) bond motifs is 1. The molecule has 7 nitrogen and oxygen atoms in total. The van der Waals surface area contributed by atoms with E-state index in [9.17, 15) is 18.0 Å². The zero-order valence-electron chi connectivity index (χ0n) is 20.2. The third-order valence-corrected chi connectivity index (χ3v) is 7.87. The maximum atomic E-state index is 13.8. The minimum atomic E-state index is -4.02. The largest absolute Gasteiger partial charge is 0.497 e. The van der Waals surface area contributed by atoms with Gasteiger partial charge in [0.1, 0.15) is 11.4 Å². The van der Waals surface area contributed by atoms with E-state index in [0.29, 0.717) is 23.3 Å². The summed E-state index contributed by atoms with van der Waals surface area (Å²) in [5, 5.41) is 2.86. The number of rotatable bonds is 9. The number of carbonyl (C=O) groups is 2. The van der Waals surface area contributed by atoms with Crippen molar-refractivity contribution in [3.8, 4) is 5.75 Å². The molecule has 36 heavy (non-hydrogen) atoms. The first kappa shape index (κ1) is 25.2. The van der Waals surface area contributed by atoms with Gasteiger partial charge in [0, 0.05) is 23.2 Å². The van der Waals surface area contributed by atoms with Gasteiger partial charge in [0.2, 0.25) is 5.78 Å². The van der Waals surface area contributed by atoms with Crippen molar-refractivity contribution in [2.24, 2.45) is 0 Å². The highest BCUT2D eigenvalue weighted by Crippen LogP contribution is 2.37. The van der Waals surface area contributed by atoms with Crippen molar-refractivity contribution in [1.82, 2.24) is 9.62 Å². The molecule has 3 aromatic carbocycles. The van der Waals surface area contributed by atoms with Gasteiger partial charge in [-0.3, -0.25) is 13.9 Å². The molecule has 0 radical (unpaired) electrons. The van der Waals surface area contributed by atoms with E-state index in [-0.39, 0.29) is 28.4 Å². The molecule has 0 spiro atoms. The number of nitrogens with zero attached hydrogens (tertiary/aromatic N) is 1. The molecular formula is C28H28N2O5S. The van der Waals surface area contributed by atoms with Crippen LogP contribution in [-0.4, -0.2) is 38.1 Å². The van der Waals surface area contributed by atoms with Crippen LogP contribution in [0.4, 0.5) is 0 Å². The minimum absolute atomic E-state index is 0.0520. The lowest BCUT2D eigenvalue weighted by atomic mass is 10.0. The monoisotopic (exact) mass is 504 g/mol. The van der Waals surface area contributed by atoms with E-state index in [4.69, 9.17) is 4.74 Å². The molecule has 1 N–H and O–H groups in total. The Labute approximate surface area is 211 Å². The van der Waals surface area contributed by atoms with Crippen molar-refractivity contribution in [2.75, 3.05) is 13.7 Å². The van der Waals surface area contributed by atoms with Crippen molar-refractivity contribution < 1.29 is 22.7 Å². The first-order valence-electron chi connectivity index (χ1n) is 11.8. The predicted octanol–water partition coefficient (Wildman–Crippen LogP) is 4.87. The Balaban J connectivity index is 1.90. The van der Waals surface area contributed by atoms with E-state index in [1.54, 1.807) is 72.8 Å². The van der Waals surface area contributed by atoms with Crippen LogP contribution in [0.25, 0.3) is 5.70 Å². The van der Waals surface area contributed by atoms with E-state index in [1.165, 1.54) is 13.2 Å². The number of hydrogen-bond acceptors (Lipinski definition) is 5. The third-order valence-electron chi connectivity index (χ3n) is 6.02. The number of allylic oxidation sites excluding steroid dienone is 1. The zero-order valence-corrected chi connectivity index (χ0v) is 21.0.